The number of carbonyl (C=O) groups is 1. The lowest BCUT2D eigenvalue weighted by Crippen LogP contribution is -2.43. The van der Waals surface area contributed by atoms with E-state index in [0.717, 1.165) is 37.6 Å². The topological polar surface area (TPSA) is 41.6 Å². The zero-order chi connectivity index (χ0) is 16.1. The zero-order valence-electron chi connectivity index (χ0n) is 14.5. The van der Waals surface area contributed by atoms with Crippen molar-refractivity contribution in [2.45, 2.75) is 45.1 Å². The van der Waals surface area contributed by atoms with E-state index in [1.54, 1.807) is 0 Å². The van der Waals surface area contributed by atoms with Crippen molar-refractivity contribution in [2.24, 2.45) is 5.92 Å². The van der Waals surface area contributed by atoms with Gasteiger partial charge in [-0.05, 0) is 62.8 Å². The number of halogens is 1. The molecule has 0 aliphatic carbocycles. The summed E-state index contributed by atoms with van der Waals surface area (Å²) in [6.07, 6.45) is 5.37. The predicted molar refractivity (Wildman–Crippen MR) is 98.9 cm³/mol. The van der Waals surface area contributed by atoms with Crippen LogP contribution in [0.15, 0.2) is 24.3 Å². The summed E-state index contributed by atoms with van der Waals surface area (Å²) in [6.45, 7) is 5.49. The lowest BCUT2D eigenvalue weighted by atomic mass is 9.88. The van der Waals surface area contributed by atoms with Gasteiger partial charge in [0, 0.05) is 19.1 Å². The molecule has 2 aliphatic heterocycles. The Bertz CT molecular complexity index is 524. The first-order valence-electron chi connectivity index (χ1n) is 8.93. The van der Waals surface area contributed by atoms with E-state index in [1.165, 1.54) is 24.9 Å². The third kappa shape index (κ3) is 5.12. The van der Waals surface area contributed by atoms with E-state index in [2.05, 4.69) is 5.32 Å². The van der Waals surface area contributed by atoms with Crippen LogP contribution in [0.5, 0.6) is 5.75 Å². The smallest absolute Gasteiger partial charge is 0.225 e. The molecule has 0 saturated carbocycles. The van der Waals surface area contributed by atoms with Gasteiger partial charge in [-0.3, -0.25) is 4.79 Å². The van der Waals surface area contributed by atoms with Crippen LogP contribution >= 0.6 is 12.4 Å². The second-order valence-electron chi connectivity index (χ2n) is 6.84. The second kappa shape index (κ2) is 9.28. The van der Waals surface area contributed by atoms with Gasteiger partial charge in [0.1, 0.15) is 5.75 Å². The minimum Gasteiger partial charge on any atom is -0.493 e. The summed E-state index contributed by atoms with van der Waals surface area (Å²) >= 11 is 0. The van der Waals surface area contributed by atoms with Gasteiger partial charge in [-0.2, -0.15) is 0 Å². The van der Waals surface area contributed by atoms with Gasteiger partial charge in [0.15, 0.2) is 0 Å². The molecule has 2 heterocycles. The van der Waals surface area contributed by atoms with Crippen molar-refractivity contribution in [3.8, 4) is 5.75 Å². The van der Waals surface area contributed by atoms with E-state index in [1.807, 2.05) is 36.1 Å². The second-order valence-corrected chi connectivity index (χ2v) is 6.84. The molecule has 2 saturated heterocycles. The maximum atomic E-state index is 12.3. The van der Waals surface area contributed by atoms with E-state index < -0.39 is 0 Å². The third-order valence-electron chi connectivity index (χ3n) is 5.13. The number of aryl methyl sites for hydroxylation is 1. The third-order valence-corrected chi connectivity index (χ3v) is 5.13. The summed E-state index contributed by atoms with van der Waals surface area (Å²) < 4.78 is 5.69. The molecule has 0 aromatic heterocycles. The summed E-state index contributed by atoms with van der Waals surface area (Å²) in [5.74, 6) is 1.84. The summed E-state index contributed by atoms with van der Waals surface area (Å²) in [5.41, 5.74) is 1.18. The predicted octanol–water partition coefficient (Wildman–Crippen LogP) is 3.18. The molecule has 0 radical (unpaired) electrons. The Kier molecular flexibility index (Phi) is 7.38. The van der Waals surface area contributed by atoms with E-state index in [4.69, 9.17) is 4.74 Å². The quantitative estimate of drug-likeness (QED) is 0.885. The number of likely N-dealkylation sites (tertiary alicyclic amines) is 1. The molecular weight excluding hydrogens is 324 g/mol. The Balaban J connectivity index is 0.00000208. The van der Waals surface area contributed by atoms with Crippen molar-refractivity contribution in [3.05, 3.63) is 29.8 Å². The fourth-order valence-corrected chi connectivity index (χ4v) is 3.78. The maximum absolute atomic E-state index is 12.3. The molecule has 5 heteroatoms. The zero-order valence-corrected chi connectivity index (χ0v) is 15.3. The summed E-state index contributed by atoms with van der Waals surface area (Å²) in [4.78, 5) is 14.3. The number of hydrogen-bond acceptors (Lipinski definition) is 3. The Morgan fingerprint density at radius 1 is 1.29 bits per heavy atom. The summed E-state index contributed by atoms with van der Waals surface area (Å²) in [7, 11) is 0. The molecule has 1 unspecified atom stereocenters. The van der Waals surface area contributed by atoms with E-state index in [0.29, 0.717) is 19.1 Å². The molecule has 24 heavy (non-hydrogen) atoms. The van der Waals surface area contributed by atoms with Crippen molar-refractivity contribution in [3.63, 3.8) is 0 Å². The van der Waals surface area contributed by atoms with Gasteiger partial charge in [-0.15, -0.1) is 12.4 Å². The molecule has 1 atom stereocenters. The largest absolute Gasteiger partial charge is 0.493 e. The van der Waals surface area contributed by atoms with E-state index in [-0.39, 0.29) is 18.3 Å². The summed E-state index contributed by atoms with van der Waals surface area (Å²) in [6, 6.07) is 8.66. The van der Waals surface area contributed by atoms with Crippen molar-refractivity contribution in [1.29, 1.82) is 0 Å². The Labute approximate surface area is 151 Å². The highest BCUT2D eigenvalue weighted by Crippen LogP contribution is 2.25. The van der Waals surface area contributed by atoms with Crippen LogP contribution in [-0.2, 0) is 4.79 Å². The van der Waals surface area contributed by atoms with Crippen molar-refractivity contribution in [1.82, 2.24) is 10.2 Å². The molecule has 1 N–H and O–H groups in total. The van der Waals surface area contributed by atoms with Crippen LogP contribution in [0.4, 0.5) is 0 Å². The number of ether oxygens (including phenoxy) is 1. The Hall–Kier alpha value is -1.26. The van der Waals surface area contributed by atoms with Crippen LogP contribution in [-0.4, -0.2) is 43.1 Å². The monoisotopic (exact) mass is 352 g/mol. The maximum Gasteiger partial charge on any atom is 0.225 e. The highest BCUT2D eigenvalue weighted by Gasteiger charge is 2.29. The van der Waals surface area contributed by atoms with E-state index in [9.17, 15) is 4.79 Å². The SMILES string of the molecule is Cc1cccc(OCCC(=O)N2CCC(C3CCCN3)CC2)c1.Cl. The van der Waals surface area contributed by atoms with Crippen LogP contribution in [0, 0.1) is 12.8 Å². The van der Waals surface area contributed by atoms with Gasteiger partial charge in [0.2, 0.25) is 5.91 Å². The average molecular weight is 353 g/mol. The number of nitrogens with zero attached hydrogens (tertiary/aromatic N) is 1. The summed E-state index contributed by atoms with van der Waals surface area (Å²) in [5, 5.41) is 3.60. The van der Waals surface area contributed by atoms with Crippen molar-refractivity contribution < 1.29 is 9.53 Å². The lowest BCUT2D eigenvalue weighted by Gasteiger charge is -2.35. The molecule has 3 rings (SSSR count). The number of piperidine rings is 1. The van der Waals surface area contributed by atoms with Gasteiger partial charge in [0.05, 0.1) is 13.0 Å². The number of rotatable bonds is 5. The number of nitrogens with one attached hydrogen (secondary N) is 1. The van der Waals surface area contributed by atoms with Crippen LogP contribution in [0.25, 0.3) is 0 Å². The molecule has 1 aromatic rings. The molecule has 4 nitrogen and oxygen atoms in total. The highest BCUT2D eigenvalue weighted by atomic mass is 35.5. The fraction of sp³-hybridized carbons (Fsp3) is 0.632. The number of amides is 1. The van der Waals surface area contributed by atoms with Crippen LogP contribution in [0.2, 0.25) is 0 Å². The average Bonchev–Trinajstić information content (AvgIpc) is 3.09. The first-order chi connectivity index (χ1) is 11.2. The minimum atomic E-state index is 0. The first-order valence-corrected chi connectivity index (χ1v) is 8.93. The Morgan fingerprint density at radius 3 is 2.75 bits per heavy atom. The molecule has 0 bridgehead atoms. The van der Waals surface area contributed by atoms with Crippen LogP contribution in [0.1, 0.15) is 37.7 Å². The highest BCUT2D eigenvalue weighted by molar-refractivity contribution is 5.85. The number of benzene rings is 1. The standard InChI is InChI=1S/C19H28N2O2.ClH/c1-15-4-2-5-17(14-15)23-13-9-19(22)21-11-7-16(8-12-21)18-6-3-10-20-18;/h2,4-5,14,16,18,20H,3,6-13H2,1H3;1H. The van der Waals surface area contributed by atoms with Gasteiger partial charge < -0.3 is 15.0 Å². The van der Waals surface area contributed by atoms with E-state index >= 15 is 0 Å². The fourth-order valence-electron chi connectivity index (χ4n) is 3.78. The molecule has 1 amide bonds. The molecule has 2 fully saturated rings. The number of hydrogen-bond donors (Lipinski definition) is 1. The molecule has 0 spiro atoms. The van der Waals surface area contributed by atoms with Gasteiger partial charge in [0.25, 0.3) is 0 Å². The lowest BCUT2D eigenvalue weighted by molar-refractivity contribution is -0.133. The minimum absolute atomic E-state index is 0. The molecule has 1 aromatic carbocycles. The molecular formula is C19H29ClN2O2. The molecule has 2 aliphatic rings. The molecule has 134 valence electrons. The van der Waals surface area contributed by atoms with Gasteiger partial charge in [-0.25, -0.2) is 0 Å². The van der Waals surface area contributed by atoms with Crippen molar-refractivity contribution >= 4 is 18.3 Å². The van der Waals surface area contributed by atoms with Crippen molar-refractivity contribution in [2.75, 3.05) is 26.2 Å². The van der Waals surface area contributed by atoms with Crippen LogP contribution in [0.3, 0.4) is 0 Å². The van der Waals surface area contributed by atoms with Crippen LogP contribution < -0.4 is 10.1 Å². The number of carbonyl (C=O) groups excluding carboxylic acids is 1. The van der Waals surface area contributed by atoms with Gasteiger partial charge in [-0.1, -0.05) is 12.1 Å². The normalized spacial score (nSPS) is 21.4. The first kappa shape index (κ1) is 19.1. The van der Waals surface area contributed by atoms with Gasteiger partial charge >= 0.3 is 0 Å². The Morgan fingerprint density at radius 2 is 2.08 bits per heavy atom.